The summed E-state index contributed by atoms with van der Waals surface area (Å²) >= 11 is 1.89. The van der Waals surface area contributed by atoms with Crippen molar-refractivity contribution in [2.24, 2.45) is 0 Å². The lowest BCUT2D eigenvalue weighted by molar-refractivity contribution is 1.38. The van der Waals surface area contributed by atoms with Gasteiger partial charge in [-0.05, 0) is 17.4 Å². The van der Waals surface area contributed by atoms with Crippen molar-refractivity contribution in [3.63, 3.8) is 0 Å². The van der Waals surface area contributed by atoms with E-state index >= 15 is 0 Å². The van der Waals surface area contributed by atoms with E-state index in [9.17, 15) is 0 Å². The summed E-state index contributed by atoms with van der Waals surface area (Å²) in [6.07, 6.45) is 2.01. The highest BCUT2D eigenvalue weighted by molar-refractivity contribution is 7.98. The lowest BCUT2D eigenvalue weighted by Crippen LogP contribution is -1.79. The molecule has 1 heterocycles. The Labute approximate surface area is 93.3 Å². The predicted octanol–water partition coefficient (Wildman–Crippen LogP) is 3.29. The van der Waals surface area contributed by atoms with E-state index in [2.05, 4.69) is 24.0 Å². The molecule has 0 saturated heterocycles. The lowest BCUT2D eigenvalue weighted by atomic mass is 10.1. The van der Waals surface area contributed by atoms with Gasteiger partial charge in [-0.2, -0.15) is 17.0 Å². The smallest absolute Gasteiger partial charge is 0.101 e. The highest BCUT2D eigenvalue weighted by Crippen LogP contribution is 2.24. The van der Waals surface area contributed by atoms with Gasteiger partial charge in [0.05, 0.1) is 11.1 Å². The first-order valence-electron chi connectivity index (χ1n) is 4.93. The highest BCUT2D eigenvalue weighted by atomic mass is 32.2. The summed E-state index contributed by atoms with van der Waals surface area (Å²) in [5.41, 5.74) is 2.97. The molecule has 0 amide bonds. The third-order valence-corrected chi connectivity index (χ3v) is 3.31. The molecule has 0 aliphatic heterocycles. The number of aromatic nitrogens is 1. The number of nitrogens with zero attached hydrogens (tertiary/aromatic N) is 1. The maximum Gasteiger partial charge on any atom is 0.101 e. The van der Waals surface area contributed by atoms with Gasteiger partial charge in [-0.1, -0.05) is 19.1 Å². The fourth-order valence-corrected chi connectivity index (χ4v) is 2.30. The van der Waals surface area contributed by atoms with Crippen LogP contribution < -0.4 is 0 Å². The molecular formula is C12H12N2S. The van der Waals surface area contributed by atoms with Crippen LogP contribution in [0.25, 0.3) is 10.9 Å². The van der Waals surface area contributed by atoms with Crippen LogP contribution in [-0.4, -0.2) is 10.7 Å². The second kappa shape index (κ2) is 4.41. The van der Waals surface area contributed by atoms with Crippen LogP contribution >= 0.6 is 11.8 Å². The van der Waals surface area contributed by atoms with Crippen molar-refractivity contribution in [1.82, 2.24) is 4.98 Å². The third-order valence-electron chi connectivity index (χ3n) is 2.38. The number of thioether (sulfide) groups is 1. The number of aromatic amines is 1. The van der Waals surface area contributed by atoms with E-state index in [1.165, 1.54) is 10.9 Å². The predicted molar refractivity (Wildman–Crippen MR) is 64.8 cm³/mol. The molecule has 2 rings (SSSR count). The molecule has 1 N–H and O–H groups in total. The maximum absolute atomic E-state index is 8.95. The number of rotatable bonds is 3. The van der Waals surface area contributed by atoms with Crippen LogP contribution in [0.15, 0.2) is 24.4 Å². The Balaban J connectivity index is 2.47. The SMILES string of the molecule is CCSCc1c[nH]c2c(C#N)cccc12. The van der Waals surface area contributed by atoms with Crippen molar-refractivity contribution in [2.45, 2.75) is 12.7 Å². The monoisotopic (exact) mass is 216 g/mol. The number of hydrogen-bond donors (Lipinski definition) is 1. The fraction of sp³-hybridized carbons (Fsp3) is 0.250. The van der Waals surface area contributed by atoms with Crippen LogP contribution in [0.3, 0.4) is 0 Å². The number of hydrogen-bond acceptors (Lipinski definition) is 2. The van der Waals surface area contributed by atoms with Crippen LogP contribution in [0, 0.1) is 11.3 Å². The van der Waals surface area contributed by atoms with E-state index in [1.807, 2.05) is 30.1 Å². The summed E-state index contributed by atoms with van der Waals surface area (Å²) in [6, 6.07) is 8.05. The molecule has 15 heavy (non-hydrogen) atoms. The van der Waals surface area contributed by atoms with Gasteiger partial charge < -0.3 is 4.98 Å². The van der Waals surface area contributed by atoms with E-state index in [1.54, 1.807) is 0 Å². The van der Waals surface area contributed by atoms with Crippen LogP contribution in [0.5, 0.6) is 0 Å². The molecule has 0 bridgehead atoms. The summed E-state index contributed by atoms with van der Waals surface area (Å²) in [7, 11) is 0. The Hall–Kier alpha value is -1.40. The molecule has 0 unspecified atom stereocenters. The van der Waals surface area contributed by atoms with Crippen molar-refractivity contribution < 1.29 is 0 Å². The van der Waals surface area contributed by atoms with Gasteiger partial charge in [0.15, 0.2) is 0 Å². The van der Waals surface area contributed by atoms with Crippen molar-refractivity contribution in [3.05, 3.63) is 35.5 Å². The average Bonchev–Trinajstić information content (AvgIpc) is 2.69. The Morgan fingerprint density at radius 1 is 1.47 bits per heavy atom. The van der Waals surface area contributed by atoms with Crippen molar-refractivity contribution >= 4 is 22.7 Å². The van der Waals surface area contributed by atoms with Crippen LogP contribution in [0.2, 0.25) is 0 Å². The summed E-state index contributed by atoms with van der Waals surface area (Å²) in [6.45, 7) is 2.15. The number of H-pyrrole nitrogens is 1. The van der Waals surface area contributed by atoms with E-state index in [0.717, 1.165) is 22.6 Å². The lowest BCUT2D eigenvalue weighted by Gasteiger charge is -1.97. The summed E-state index contributed by atoms with van der Waals surface area (Å²) in [4.78, 5) is 3.18. The number of fused-ring (bicyclic) bond motifs is 1. The first kappa shape index (κ1) is 10.1. The Bertz CT molecular complexity index is 508. The topological polar surface area (TPSA) is 39.6 Å². The molecule has 2 aromatic rings. The standard InChI is InChI=1S/C12H12N2S/c1-2-15-8-10-7-14-12-9(6-13)4-3-5-11(10)12/h3-5,7,14H,2,8H2,1H3. The largest absolute Gasteiger partial charge is 0.360 e. The Kier molecular flexibility index (Phi) is 2.98. The quantitative estimate of drug-likeness (QED) is 0.855. The zero-order valence-corrected chi connectivity index (χ0v) is 9.40. The number of nitriles is 1. The first-order chi connectivity index (χ1) is 7.36. The molecule has 0 aliphatic carbocycles. The summed E-state index contributed by atoms with van der Waals surface area (Å²) < 4.78 is 0. The van der Waals surface area contributed by atoms with Gasteiger partial charge >= 0.3 is 0 Å². The second-order valence-corrected chi connectivity index (χ2v) is 4.57. The van der Waals surface area contributed by atoms with E-state index in [4.69, 9.17) is 5.26 Å². The van der Waals surface area contributed by atoms with Gasteiger partial charge in [-0.3, -0.25) is 0 Å². The normalized spacial score (nSPS) is 10.4. The van der Waals surface area contributed by atoms with Crippen LogP contribution in [0.1, 0.15) is 18.1 Å². The Morgan fingerprint density at radius 2 is 2.33 bits per heavy atom. The minimum absolute atomic E-state index is 0.722. The highest BCUT2D eigenvalue weighted by Gasteiger charge is 2.06. The first-order valence-corrected chi connectivity index (χ1v) is 6.09. The molecule has 0 spiro atoms. The molecule has 1 aromatic carbocycles. The zero-order valence-electron chi connectivity index (χ0n) is 8.58. The van der Waals surface area contributed by atoms with Crippen molar-refractivity contribution in [3.8, 4) is 6.07 Å². The van der Waals surface area contributed by atoms with Gasteiger partial charge in [0.1, 0.15) is 6.07 Å². The van der Waals surface area contributed by atoms with Crippen LogP contribution in [0.4, 0.5) is 0 Å². The van der Waals surface area contributed by atoms with Gasteiger partial charge in [0, 0.05) is 17.3 Å². The molecule has 0 aliphatic rings. The zero-order chi connectivity index (χ0) is 10.7. The maximum atomic E-state index is 8.95. The number of benzene rings is 1. The van der Waals surface area contributed by atoms with Crippen LogP contribution in [-0.2, 0) is 5.75 Å². The molecular weight excluding hydrogens is 204 g/mol. The Morgan fingerprint density at radius 3 is 3.07 bits per heavy atom. The van der Waals surface area contributed by atoms with Gasteiger partial charge in [0.2, 0.25) is 0 Å². The minimum atomic E-state index is 0.722. The van der Waals surface area contributed by atoms with Gasteiger partial charge in [0.25, 0.3) is 0 Å². The molecule has 0 fully saturated rings. The second-order valence-electron chi connectivity index (χ2n) is 3.29. The number of nitrogens with one attached hydrogen (secondary N) is 1. The van der Waals surface area contributed by atoms with E-state index < -0.39 is 0 Å². The third kappa shape index (κ3) is 1.86. The van der Waals surface area contributed by atoms with Gasteiger partial charge in [-0.15, -0.1) is 0 Å². The molecule has 76 valence electrons. The summed E-state index contributed by atoms with van der Waals surface area (Å²) in [5, 5.41) is 10.1. The van der Waals surface area contributed by atoms with E-state index in [-0.39, 0.29) is 0 Å². The molecule has 1 aromatic heterocycles. The molecule has 0 radical (unpaired) electrons. The average molecular weight is 216 g/mol. The van der Waals surface area contributed by atoms with E-state index in [0.29, 0.717) is 0 Å². The molecule has 0 atom stereocenters. The molecule has 0 saturated carbocycles. The molecule has 3 heteroatoms. The minimum Gasteiger partial charge on any atom is -0.360 e. The fourth-order valence-electron chi connectivity index (χ4n) is 1.64. The van der Waals surface area contributed by atoms with Crippen molar-refractivity contribution in [2.75, 3.05) is 5.75 Å². The van der Waals surface area contributed by atoms with Crippen molar-refractivity contribution in [1.29, 1.82) is 5.26 Å². The summed E-state index contributed by atoms with van der Waals surface area (Å²) in [5.74, 6) is 2.12. The van der Waals surface area contributed by atoms with Gasteiger partial charge in [-0.25, -0.2) is 0 Å². The molecule has 2 nitrogen and oxygen atoms in total. The number of para-hydroxylation sites is 1.